The second-order valence-electron chi connectivity index (χ2n) is 3.55. The molecule has 3 N–H and O–H groups in total. The van der Waals surface area contributed by atoms with Crippen LogP contribution in [0.1, 0.15) is 5.56 Å². The molecule has 0 saturated carbocycles. The van der Waals surface area contributed by atoms with Gasteiger partial charge < -0.3 is 20.3 Å². The van der Waals surface area contributed by atoms with E-state index in [0.29, 0.717) is 5.75 Å². The Morgan fingerprint density at radius 2 is 2.35 bits per heavy atom. The minimum Gasteiger partial charge on any atom is -0.480 e. The van der Waals surface area contributed by atoms with Crippen molar-refractivity contribution in [2.75, 3.05) is 6.79 Å². The summed E-state index contributed by atoms with van der Waals surface area (Å²) < 4.78 is 23.8. The lowest BCUT2D eigenvalue weighted by Crippen LogP contribution is -2.32. The summed E-state index contributed by atoms with van der Waals surface area (Å²) in [5.41, 5.74) is 5.42. The van der Waals surface area contributed by atoms with Gasteiger partial charge in [-0.05, 0) is 11.6 Å². The third-order valence-electron chi connectivity index (χ3n) is 2.38. The van der Waals surface area contributed by atoms with Gasteiger partial charge in [0.1, 0.15) is 16.9 Å². The molecule has 1 aromatic carbocycles. The fourth-order valence-electron chi connectivity index (χ4n) is 1.50. The number of hydrogen-bond donors (Lipinski definition) is 2. The first-order chi connectivity index (χ1) is 8.00. The van der Waals surface area contributed by atoms with Gasteiger partial charge >= 0.3 is 5.97 Å². The van der Waals surface area contributed by atoms with Crippen molar-refractivity contribution in [1.29, 1.82) is 0 Å². The zero-order chi connectivity index (χ0) is 12.6. The van der Waals surface area contributed by atoms with E-state index in [1.54, 1.807) is 0 Å². The second-order valence-corrected chi connectivity index (χ2v) is 3.92. The van der Waals surface area contributed by atoms with E-state index in [1.807, 2.05) is 0 Å². The highest BCUT2D eigenvalue weighted by Crippen LogP contribution is 2.42. The molecule has 1 aliphatic heterocycles. The Labute approximate surface area is 101 Å². The fraction of sp³-hybridized carbons (Fsp3) is 0.300. The molecule has 1 unspecified atom stereocenters. The molecular weight excluding hydrogens is 253 g/mol. The monoisotopic (exact) mass is 261 g/mol. The van der Waals surface area contributed by atoms with E-state index in [0.717, 1.165) is 0 Å². The topological polar surface area (TPSA) is 81.8 Å². The Kier molecular flexibility index (Phi) is 3.08. The van der Waals surface area contributed by atoms with E-state index < -0.39 is 17.8 Å². The number of ether oxygens (including phenoxy) is 2. The number of carbonyl (C=O) groups is 1. The Bertz CT molecular complexity index is 480. The third kappa shape index (κ3) is 2.13. The molecule has 17 heavy (non-hydrogen) atoms. The van der Waals surface area contributed by atoms with Crippen LogP contribution in [-0.4, -0.2) is 23.9 Å². The molecular formula is C10H9ClFNO4. The van der Waals surface area contributed by atoms with E-state index in [9.17, 15) is 9.18 Å². The smallest absolute Gasteiger partial charge is 0.320 e. The van der Waals surface area contributed by atoms with Gasteiger partial charge in [-0.25, -0.2) is 4.39 Å². The number of hydrogen-bond acceptors (Lipinski definition) is 4. The van der Waals surface area contributed by atoms with Crippen molar-refractivity contribution < 1.29 is 23.8 Å². The average Bonchev–Trinajstić information content (AvgIpc) is 2.73. The lowest BCUT2D eigenvalue weighted by Gasteiger charge is -2.10. The highest BCUT2D eigenvalue weighted by atomic mass is 35.5. The largest absolute Gasteiger partial charge is 0.480 e. The molecule has 1 aromatic rings. The van der Waals surface area contributed by atoms with Crippen molar-refractivity contribution in [3.8, 4) is 11.5 Å². The van der Waals surface area contributed by atoms with Crippen LogP contribution in [0.2, 0.25) is 5.02 Å². The lowest BCUT2D eigenvalue weighted by atomic mass is 10.1. The number of carboxylic acid groups (broad SMARTS) is 1. The highest BCUT2D eigenvalue weighted by Gasteiger charge is 2.25. The summed E-state index contributed by atoms with van der Waals surface area (Å²) in [4.78, 5) is 10.6. The van der Waals surface area contributed by atoms with E-state index in [1.165, 1.54) is 6.07 Å². The maximum absolute atomic E-state index is 13.8. The highest BCUT2D eigenvalue weighted by molar-refractivity contribution is 6.32. The van der Waals surface area contributed by atoms with Gasteiger partial charge in [-0.1, -0.05) is 11.6 Å². The van der Waals surface area contributed by atoms with Crippen molar-refractivity contribution in [3.63, 3.8) is 0 Å². The van der Waals surface area contributed by atoms with Crippen LogP contribution >= 0.6 is 11.6 Å². The molecule has 1 heterocycles. The number of halogens is 2. The van der Waals surface area contributed by atoms with Gasteiger partial charge in [0.25, 0.3) is 0 Å². The summed E-state index contributed by atoms with van der Waals surface area (Å²) in [6.07, 6.45) is -0.169. The maximum atomic E-state index is 13.8. The van der Waals surface area contributed by atoms with Crippen molar-refractivity contribution >= 4 is 17.6 Å². The van der Waals surface area contributed by atoms with Gasteiger partial charge in [-0.15, -0.1) is 0 Å². The van der Waals surface area contributed by atoms with Crippen LogP contribution in [0, 0.1) is 5.82 Å². The Hall–Kier alpha value is -1.53. The predicted octanol–water partition coefficient (Wildman–Crippen LogP) is 1.16. The van der Waals surface area contributed by atoms with E-state index in [-0.39, 0.29) is 29.5 Å². The molecule has 2 rings (SSSR count). The van der Waals surface area contributed by atoms with Gasteiger partial charge in [-0.3, -0.25) is 4.79 Å². The molecule has 0 aliphatic carbocycles. The first-order valence-electron chi connectivity index (χ1n) is 4.75. The van der Waals surface area contributed by atoms with Gasteiger partial charge in [0.15, 0.2) is 11.5 Å². The Balaban J connectivity index is 2.36. The zero-order valence-electron chi connectivity index (χ0n) is 8.57. The second kappa shape index (κ2) is 4.38. The Morgan fingerprint density at radius 1 is 1.65 bits per heavy atom. The van der Waals surface area contributed by atoms with Crippen LogP contribution in [0.4, 0.5) is 4.39 Å². The minimum atomic E-state index is -1.21. The van der Waals surface area contributed by atoms with Crippen molar-refractivity contribution in [3.05, 3.63) is 22.5 Å². The van der Waals surface area contributed by atoms with Crippen LogP contribution in [0.5, 0.6) is 11.5 Å². The van der Waals surface area contributed by atoms with Crippen molar-refractivity contribution in [1.82, 2.24) is 0 Å². The molecule has 0 saturated heterocycles. The number of rotatable bonds is 3. The van der Waals surface area contributed by atoms with Crippen molar-refractivity contribution in [2.45, 2.75) is 12.5 Å². The number of carboxylic acids is 1. The standard InChI is InChI=1S/C10H9ClFNO4/c11-7-8(12)4(1-5(13)10(14)15)2-6-9(7)17-3-16-6/h2,5H,1,3,13H2,(H,14,15). The lowest BCUT2D eigenvalue weighted by molar-refractivity contribution is -0.138. The molecule has 0 bridgehead atoms. The number of fused-ring (bicyclic) bond motifs is 1. The first-order valence-corrected chi connectivity index (χ1v) is 5.13. The molecule has 0 spiro atoms. The van der Waals surface area contributed by atoms with Crippen LogP contribution in [0.25, 0.3) is 0 Å². The SMILES string of the molecule is NC(Cc1cc2c(c(Cl)c1F)OCO2)C(=O)O. The summed E-state index contributed by atoms with van der Waals surface area (Å²) in [5.74, 6) is -1.51. The molecule has 0 aromatic heterocycles. The molecule has 5 nitrogen and oxygen atoms in total. The van der Waals surface area contributed by atoms with Crippen LogP contribution < -0.4 is 15.2 Å². The van der Waals surface area contributed by atoms with E-state index in [4.69, 9.17) is 31.9 Å². The van der Waals surface area contributed by atoms with Crippen LogP contribution in [-0.2, 0) is 11.2 Å². The normalized spacial score (nSPS) is 14.8. The van der Waals surface area contributed by atoms with Crippen LogP contribution in [0.3, 0.4) is 0 Å². The summed E-state index contributed by atoms with van der Waals surface area (Å²) in [7, 11) is 0. The predicted molar refractivity (Wildman–Crippen MR) is 56.8 cm³/mol. The molecule has 1 aliphatic rings. The number of benzene rings is 1. The minimum absolute atomic E-state index is 0.0388. The van der Waals surface area contributed by atoms with Crippen LogP contribution in [0.15, 0.2) is 6.07 Å². The molecule has 92 valence electrons. The molecule has 0 amide bonds. The summed E-state index contributed by atoms with van der Waals surface area (Å²) in [5, 5.41) is 8.45. The fourth-order valence-corrected chi connectivity index (χ4v) is 1.77. The zero-order valence-corrected chi connectivity index (χ0v) is 9.33. The molecule has 0 fully saturated rings. The maximum Gasteiger partial charge on any atom is 0.320 e. The van der Waals surface area contributed by atoms with Gasteiger partial charge in [0, 0.05) is 6.42 Å². The van der Waals surface area contributed by atoms with E-state index >= 15 is 0 Å². The molecule has 1 atom stereocenters. The van der Waals surface area contributed by atoms with Gasteiger partial charge in [0.05, 0.1) is 0 Å². The summed E-state index contributed by atoms with van der Waals surface area (Å²) in [6, 6.07) is 0.160. The number of nitrogens with two attached hydrogens (primary N) is 1. The number of aliphatic carboxylic acids is 1. The third-order valence-corrected chi connectivity index (χ3v) is 2.72. The van der Waals surface area contributed by atoms with Crippen molar-refractivity contribution in [2.24, 2.45) is 5.73 Å². The average molecular weight is 262 g/mol. The molecule has 0 radical (unpaired) electrons. The van der Waals surface area contributed by atoms with E-state index in [2.05, 4.69) is 0 Å². The Morgan fingerprint density at radius 3 is 3.00 bits per heavy atom. The first kappa shape index (κ1) is 11.9. The van der Waals surface area contributed by atoms with Gasteiger partial charge in [0.2, 0.25) is 6.79 Å². The summed E-state index contributed by atoms with van der Waals surface area (Å²) in [6.45, 7) is -0.0388. The molecule has 7 heteroatoms. The summed E-state index contributed by atoms with van der Waals surface area (Å²) >= 11 is 5.74. The van der Waals surface area contributed by atoms with Gasteiger partial charge in [-0.2, -0.15) is 0 Å². The quantitative estimate of drug-likeness (QED) is 0.853.